The van der Waals surface area contributed by atoms with Crippen molar-refractivity contribution in [2.24, 2.45) is 0 Å². The predicted molar refractivity (Wildman–Crippen MR) is 129 cm³/mol. The minimum Gasteiger partial charge on any atom is -0.489 e. The van der Waals surface area contributed by atoms with Crippen molar-refractivity contribution in [3.8, 4) is 17.5 Å². The second kappa shape index (κ2) is 10.4. The van der Waals surface area contributed by atoms with E-state index < -0.39 is 24.2 Å². The van der Waals surface area contributed by atoms with Gasteiger partial charge in [0.05, 0.1) is 9.29 Å². The van der Waals surface area contributed by atoms with Gasteiger partial charge in [-0.05, 0) is 36.2 Å². The summed E-state index contributed by atoms with van der Waals surface area (Å²) in [6.07, 6.45) is 1.16. The summed E-state index contributed by atoms with van der Waals surface area (Å²) in [6.45, 7) is 1.22. The lowest BCUT2D eigenvalue weighted by molar-refractivity contribution is 0.278. The van der Waals surface area contributed by atoms with Crippen LogP contribution in [-0.2, 0) is 13.1 Å². The molecule has 0 aliphatic heterocycles. The number of aromatic amines is 1. The Morgan fingerprint density at radius 1 is 1.18 bits per heavy atom. The molecule has 0 bridgehead atoms. The van der Waals surface area contributed by atoms with Crippen LogP contribution in [0.1, 0.15) is 14.7 Å². The normalized spacial score (nSPS) is 12.3. The molecule has 2 N–H and O–H groups in total. The molecule has 9 nitrogen and oxygen atoms in total. The number of aromatic nitrogens is 4. The number of hydrogen-bond donors (Lipinski definition) is 2. The van der Waals surface area contributed by atoms with Crippen LogP contribution in [-0.4, -0.2) is 37.4 Å². The van der Waals surface area contributed by atoms with Gasteiger partial charge in [-0.1, -0.05) is 42.5 Å². The summed E-state index contributed by atoms with van der Waals surface area (Å²) in [5.74, 6) is 0.933. The number of fused-ring (bicyclic) bond motifs is 1. The number of nitrogens with one attached hydrogen (secondary N) is 1. The van der Waals surface area contributed by atoms with Gasteiger partial charge >= 0.3 is 11.7 Å². The van der Waals surface area contributed by atoms with Gasteiger partial charge in [-0.2, -0.15) is 4.98 Å². The average molecular weight is 485 g/mol. The molecule has 0 saturated heterocycles. The minimum absolute atomic E-state index is 0.0104. The molecule has 2 aromatic carbocycles. The number of imidazole rings is 1. The van der Waals surface area contributed by atoms with E-state index in [1.165, 1.54) is 4.57 Å². The van der Waals surface area contributed by atoms with Crippen molar-refractivity contribution in [3.63, 3.8) is 0 Å². The molecule has 2 heterocycles. The number of nitrogens with zero attached hydrogens (tertiary/aromatic N) is 3. The van der Waals surface area contributed by atoms with Gasteiger partial charge in [0.2, 0.25) is 0 Å². The second-order valence-corrected chi connectivity index (χ2v) is 7.71. The number of ether oxygens (including phenoxy) is 2. The van der Waals surface area contributed by atoms with Crippen molar-refractivity contribution in [1.29, 1.82) is 0 Å². The molecule has 2 aromatic heterocycles. The predicted octanol–water partition coefficient (Wildman–Crippen LogP) is 3.33. The van der Waals surface area contributed by atoms with Crippen molar-refractivity contribution in [2.75, 3.05) is 13.2 Å². The third-order valence-electron chi connectivity index (χ3n) is 4.93. The molecular weight excluding hydrogens is 460 g/mol. The third kappa shape index (κ3) is 5.05. The Morgan fingerprint density at radius 2 is 1.94 bits per heavy atom. The van der Waals surface area contributed by atoms with E-state index in [0.717, 1.165) is 10.1 Å². The molecule has 4 rings (SSSR count). The number of aliphatic hydroxyl groups is 1. The van der Waals surface area contributed by atoms with E-state index in [1.54, 1.807) is 54.6 Å². The van der Waals surface area contributed by atoms with Gasteiger partial charge in [-0.3, -0.25) is 18.9 Å². The van der Waals surface area contributed by atoms with Gasteiger partial charge in [-0.15, -0.1) is 0 Å². The lowest BCUT2D eigenvalue weighted by Crippen LogP contribution is -2.36. The molecular formula is C24H23ClN4O5. The quantitative estimate of drug-likeness (QED) is 0.334. The highest BCUT2D eigenvalue weighted by Crippen LogP contribution is 2.27. The molecule has 0 spiro atoms. The van der Waals surface area contributed by atoms with Crippen LogP contribution in [0.3, 0.4) is 0 Å². The molecule has 0 fully saturated rings. The molecule has 0 atom stereocenters. The van der Waals surface area contributed by atoms with Gasteiger partial charge in [0.1, 0.15) is 18.1 Å². The van der Waals surface area contributed by atoms with E-state index in [1.807, 2.05) is 0 Å². The Hall–Kier alpha value is -3.82. The lowest BCUT2D eigenvalue weighted by Gasteiger charge is -2.11. The summed E-state index contributed by atoms with van der Waals surface area (Å²) in [6, 6.07) is 13.9. The Balaban J connectivity index is 1.82. The fourth-order valence-electron chi connectivity index (χ4n) is 3.38. The van der Waals surface area contributed by atoms with Gasteiger partial charge in [-0.25, -0.2) is 4.79 Å². The summed E-state index contributed by atoms with van der Waals surface area (Å²) in [5, 5.41) is 9.98. The number of halogens is 1. The summed E-state index contributed by atoms with van der Waals surface area (Å²) >= 11 is 6.01. The van der Waals surface area contributed by atoms with Crippen molar-refractivity contribution in [3.05, 3.63) is 92.6 Å². The highest BCUT2D eigenvalue weighted by atomic mass is 35.5. The molecule has 176 valence electrons. The summed E-state index contributed by atoms with van der Waals surface area (Å²) < 4.78 is 28.5. The molecule has 10 heteroatoms. The smallest absolute Gasteiger partial charge is 0.330 e. The third-order valence-corrected chi connectivity index (χ3v) is 5.19. The fourth-order valence-corrected chi connectivity index (χ4v) is 3.50. The van der Waals surface area contributed by atoms with Crippen molar-refractivity contribution in [1.82, 2.24) is 19.1 Å². The van der Waals surface area contributed by atoms with Crippen LogP contribution in [0.25, 0.3) is 11.2 Å². The Labute approximate surface area is 202 Å². The SMILES string of the molecule is [2H]C([2H])(O)CCn1c(=O)[nH]c2nc(Oc3cccc(OCC=C)c3)n(Cc3ccc(Cl)cc3)c2c1=O. The molecule has 0 aliphatic carbocycles. The van der Waals surface area contributed by atoms with Gasteiger partial charge in [0.15, 0.2) is 11.2 Å². The average Bonchev–Trinajstić information content (AvgIpc) is 3.15. The van der Waals surface area contributed by atoms with Crippen LogP contribution >= 0.6 is 11.6 Å². The number of hydrogen-bond acceptors (Lipinski definition) is 6. The van der Waals surface area contributed by atoms with Crippen LogP contribution in [0.4, 0.5) is 0 Å². The lowest BCUT2D eigenvalue weighted by atomic mass is 10.2. The van der Waals surface area contributed by atoms with Crippen LogP contribution in [0, 0.1) is 0 Å². The Bertz CT molecular complexity index is 1510. The van der Waals surface area contributed by atoms with Gasteiger partial charge in [0, 0.05) is 24.2 Å². The summed E-state index contributed by atoms with van der Waals surface area (Å²) in [7, 11) is 0. The molecule has 0 radical (unpaired) electrons. The van der Waals surface area contributed by atoms with Crippen LogP contribution < -0.4 is 20.7 Å². The van der Waals surface area contributed by atoms with Crippen LogP contribution in [0.5, 0.6) is 17.5 Å². The zero-order valence-corrected chi connectivity index (χ0v) is 18.8. The van der Waals surface area contributed by atoms with E-state index in [4.69, 9.17) is 23.8 Å². The first-order valence-corrected chi connectivity index (χ1v) is 10.7. The number of benzene rings is 2. The van der Waals surface area contributed by atoms with Crippen molar-refractivity contribution in [2.45, 2.75) is 19.5 Å². The fraction of sp³-hybridized carbons (Fsp3) is 0.208. The molecule has 0 amide bonds. The van der Waals surface area contributed by atoms with Gasteiger partial charge in [0.25, 0.3) is 5.56 Å². The molecule has 0 saturated carbocycles. The van der Waals surface area contributed by atoms with E-state index in [-0.39, 0.29) is 30.3 Å². The van der Waals surface area contributed by atoms with Crippen LogP contribution in [0.2, 0.25) is 5.02 Å². The summed E-state index contributed by atoms with van der Waals surface area (Å²) in [5.41, 5.74) is -0.625. The van der Waals surface area contributed by atoms with E-state index >= 15 is 0 Å². The molecule has 0 unspecified atom stereocenters. The van der Waals surface area contributed by atoms with E-state index in [9.17, 15) is 14.7 Å². The largest absolute Gasteiger partial charge is 0.489 e. The van der Waals surface area contributed by atoms with Crippen molar-refractivity contribution >= 4 is 22.8 Å². The maximum Gasteiger partial charge on any atom is 0.330 e. The standard InChI is InChI=1S/C24H23ClN4O5/c1-2-13-33-18-5-3-6-19(14-18)34-24-27-21-20(22(31)28(11-4-12-30)23(32)26-21)29(24)15-16-7-9-17(25)10-8-16/h2-3,5-10,14,30H,1,4,11-13,15H2,(H,26,32)/i12D2. The monoisotopic (exact) mass is 484 g/mol. The molecule has 4 aromatic rings. The highest BCUT2D eigenvalue weighted by molar-refractivity contribution is 6.30. The first-order valence-electron chi connectivity index (χ1n) is 11.4. The second-order valence-electron chi connectivity index (χ2n) is 7.28. The number of rotatable bonds is 10. The first kappa shape index (κ1) is 20.8. The zero-order valence-electron chi connectivity index (χ0n) is 20.0. The maximum absolute atomic E-state index is 13.3. The Kier molecular flexibility index (Phi) is 6.36. The van der Waals surface area contributed by atoms with Gasteiger partial charge < -0.3 is 14.6 Å². The zero-order chi connectivity index (χ0) is 25.9. The number of H-pyrrole nitrogens is 1. The van der Waals surface area contributed by atoms with Crippen LogP contribution in [0.15, 0.2) is 70.8 Å². The van der Waals surface area contributed by atoms with Crippen molar-refractivity contribution < 1.29 is 17.3 Å². The summed E-state index contributed by atoms with van der Waals surface area (Å²) in [4.78, 5) is 32.8. The van der Waals surface area contributed by atoms with E-state index in [2.05, 4.69) is 16.5 Å². The van der Waals surface area contributed by atoms with E-state index in [0.29, 0.717) is 23.1 Å². The molecule has 0 aliphatic rings. The maximum atomic E-state index is 13.3. The molecule has 34 heavy (non-hydrogen) atoms. The highest BCUT2D eigenvalue weighted by Gasteiger charge is 2.20. The first-order chi connectivity index (χ1) is 17.1. The Morgan fingerprint density at radius 3 is 2.68 bits per heavy atom. The topological polar surface area (TPSA) is 111 Å². The minimum atomic E-state index is -2.54.